The number of nitrogens with two attached hydrogens (primary N) is 1. The van der Waals surface area contributed by atoms with Crippen LogP contribution in [-0.4, -0.2) is 38.0 Å². The summed E-state index contributed by atoms with van der Waals surface area (Å²) in [4.78, 5) is 23.1. The molecule has 164 valence electrons. The number of amides is 1. The number of nitrogens with zero attached hydrogens (tertiary/aromatic N) is 2. The van der Waals surface area contributed by atoms with E-state index < -0.39 is 6.04 Å². The Hall–Kier alpha value is -3.12. The van der Waals surface area contributed by atoms with Crippen molar-refractivity contribution in [1.82, 2.24) is 14.9 Å². The number of imidazole rings is 1. The van der Waals surface area contributed by atoms with Gasteiger partial charge in [-0.2, -0.15) is 0 Å². The summed E-state index contributed by atoms with van der Waals surface area (Å²) in [7, 11) is 0. The second-order valence-electron chi connectivity index (χ2n) is 8.43. The topological polar surface area (TPSA) is 95.2 Å². The number of hydrogen-bond donors (Lipinski definition) is 3. The fourth-order valence-corrected chi connectivity index (χ4v) is 4.13. The fourth-order valence-electron chi connectivity index (χ4n) is 4.13. The van der Waals surface area contributed by atoms with Gasteiger partial charge in [0.15, 0.2) is 0 Å². The maximum atomic E-state index is 13.4. The van der Waals surface area contributed by atoms with E-state index in [1.165, 1.54) is 0 Å². The summed E-state index contributed by atoms with van der Waals surface area (Å²) in [5, 5.41) is 9.79. The van der Waals surface area contributed by atoms with Crippen molar-refractivity contribution in [3.05, 3.63) is 71.2 Å². The fraction of sp³-hybridized carbons (Fsp3) is 0.360. The normalized spacial score (nSPS) is 13.3. The number of carbonyl (C=O) groups excluding carboxylic acids is 1. The molecule has 0 fully saturated rings. The molecule has 1 amide bonds. The minimum atomic E-state index is -0.685. The molecule has 1 aromatic heterocycles. The van der Waals surface area contributed by atoms with Crippen molar-refractivity contribution in [3.63, 3.8) is 0 Å². The molecule has 31 heavy (non-hydrogen) atoms. The van der Waals surface area contributed by atoms with Crippen LogP contribution in [0.5, 0.6) is 5.75 Å². The van der Waals surface area contributed by atoms with Crippen LogP contribution >= 0.6 is 0 Å². The summed E-state index contributed by atoms with van der Waals surface area (Å²) >= 11 is 0. The van der Waals surface area contributed by atoms with Gasteiger partial charge in [0.25, 0.3) is 0 Å². The summed E-state index contributed by atoms with van der Waals surface area (Å²) in [5.74, 6) is 0.834. The first-order valence-corrected chi connectivity index (χ1v) is 10.7. The average molecular weight is 421 g/mol. The molecule has 0 radical (unpaired) electrons. The van der Waals surface area contributed by atoms with Crippen molar-refractivity contribution in [2.45, 2.75) is 59.2 Å². The molecule has 1 heterocycles. The van der Waals surface area contributed by atoms with Crippen LogP contribution in [0.4, 0.5) is 0 Å². The molecule has 0 unspecified atom stereocenters. The van der Waals surface area contributed by atoms with Crippen LogP contribution in [0.1, 0.15) is 49.3 Å². The van der Waals surface area contributed by atoms with E-state index >= 15 is 0 Å². The highest BCUT2D eigenvalue weighted by Crippen LogP contribution is 2.26. The predicted molar refractivity (Wildman–Crippen MR) is 124 cm³/mol. The molecule has 0 saturated carbocycles. The number of aryl methyl sites for hydroxylation is 2. The number of phenols is 1. The Morgan fingerprint density at radius 3 is 2.32 bits per heavy atom. The van der Waals surface area contributed by atoms with Crippen molar-refractivity contribution >= 4 is 5.91 Å². The SMILES string of the molecule is Cc1cc(O)cc(C)c1C[C@H](N)C(=O)N(C(C)C)[C@@H](C)c1ncc(-c2ccccc2)[nH]1. The van der Waals surface area contributed by atoms with Crippen LogP contribution in [0.15, 0.2) is 48.7 Å². The second-order valence-corrected chi connectivity index (χ2v) is 8.43. The number of aromatic nitrogens is 2. The number of benzene rings is 2. The van der Waals surface area contributed by atoms with Crippen LogP contribution in [0.25, 0.3) is 11.3 Å². The Morgan fingerprint density at radius 1 is 1.13 bits per heavy atom. The van der Waals surface area contributed by atoms with Crippen molar-refractivity contribution in [2.75, 3.05) is 0 Å². The van der Waals surface area contributed by atoms with Gasteiger partial charge in [0.05, 0.1) is 24.0 Å². The number of hydrogen-bond acceptors (Lipinski definition) is 4. The van der Waals surface area contributed by atoms with Crippen molar-refractivity contribution < 1.29 is 9.90 Å². The molecule has 0 saturated heterocycles. The van der Waals surface area contributed by atoms with Gasteiger partial charge in [0, 0.05) is 6.04 Å². The van der Waals surface area contributed by atoms with Gasteiger partial charge in [-0.05, 0) is 75.4 Å². The van der Waals surface area contributed by atoms with Crippen LogP contribution in [-0.2, 0) is 11.2 Å². The Labute approximate surface area is 184 Å². The van der Waals surface area contributed by atoms with E-state index in [1.54, 1.807) is 23.2 Å². The number of aromatic amines is 1. The van der Waals surface area contributed by atoms with Gasteiger partial charge in [-0.25, -0.2) is 4.98 Å². The maximum Gasteiger partial charge on any atom is 0.240 e. The smallest absolute Gasteiger partial charge is 0.240 e. The lowest BCUT2D eigenvalue weighted by Crippen LogP contribution is -2.49. The molecule has 3 rings (SSSR count). The number of H-pyrrole nitrogens is 1. The van der Waals surface area contributed by atoms with Gasteiger partial charge < -0.3 is 20.7 Å². The van der Waals surface area contributed by atoms with Gasteiger partial charge in [-0.3, -0.25) is 4.79 Å². The van der Waals surface area contributed by atoms with Crippen LogP contribution < -0.4 is 5.73 Å². The molecule has 4 N–H and O–H groups in total. The molecule has 6 heteroatoms. The van der Waals surface area contributed by atoms with E-state index in [0.717, 1.165) is 33.8 Å². The quantitative estimate of drug-likeness (QED) is 0.532. The molecular formula is C25H32N4O2. The largest absolute Gasteiger partial charge is 0.508 e. The summed E-state index contributed by atoms with van der Waals surface area (Å²) < 4.78 is 0. The molecule has 3 aromatic rings. The number of aromatic hydroxyl groups is 1. The van der Waals surface area contributed by atoms with Crippen LogP contribution in [0.2, 0.25) is 0 Å². The standard InChI is InChI=1S/C25H32N4O2/c1-15(2)29(18(5)24-27-14-23(28-24)19-9-7-6-8-10-19)25(31)22(26)13-21-16(3)11-20(30)12-17(21)4/h6-12,14-15,18,22,30H,13,26H2,1-5H3,(H,27,28)/t18-,22-/m0/s1. The Morgan fingerprint density at radius 2 is 1.74 bits per heavy atom. The van der Waals surface area contributed by atoms with E-state index in [1.807, 2.05) is 65.0 Å². The third kappa shape index (κ3) is 4.97. The second kappa shape index (κ2) is 9.35. The van der Waals surface area contributed by atoms with Crippen molar-refractivity contribution in [1.29, 1.82) is 0 Å². The van der Waals surface area contributed by atoms with E-state index in [0.29, 0.717) is 6.42 Å². The number of rotatable bonds is 7. The van der Waals surface area contributed by atoms with Crippen LogP contribution in [0.3, 0.4) is 0 Å². The lowest BCUT2D eigenvalue weighted by atomic mass is 9.95. The molecule has 0 aliphatic carbocycles. The lowest BCUT2D eigenvalue weighted by molar-refractivity contribution is -0.137. The van der Waals surface area contributed by atoms with Gasteiger partial charge in [-0.1, -0.05) is 30.3 Å². The molecule has 0 aliphatic rings. The molecule has 0 bridgehead atoms. The maximum absolute atomic E-state index is 13.4. The zero-order chi connectivity index (χ0) is 22.7. The molecule has 2 atom stereocenters. The van der Waals surface area contributed by atoms with E-state index in [9.17, 15) is 9.90 Å². The first-order valence-electron chi connectivity index (χ1n) is 10.7. The Bertz CT molecular complexity index is 1020. The summed E-state index contributed by atoms with van der Waals surface area (Å²) in [5.41, 5.74) is 11.2. The molecule has 2 aromatic carbocycles. The monoisotopic (exact) mass is 420 g/mol. The Balaban J connectivity index is 1.81. The lowest BCUT2D eigenvalue weighted by Gasteiger charge is -2.34. The number of phenolic OH excluding ortho intramolecular Hbond substituents is 1. The first-order chi connectivity index (χ1) is 14.7. The van der Waals surface area contributed by atoms with Crippen LogP contribution in [0, 0.1) is 13.8 Å². The Kier molecular flexibility index (Phi) is 6.81. The predicted octanol–water partition coefficient (Wildman–Crippen LogP) is 4.27. The highest BCUT2D eigenvalue weighted by molar-refractivity contribution is 5.82. The van der Waals surface area contributed by atoms with Gasteiger partial charge in [0.2, 0.25) is 5.91 Å². The molecule has 6 nitrogen and oxygen atoms in total. The number of nitrogens with one attached hydrogen (secondary N) is 1. The van der Waals surface area contributed by atoms with Gasteiger partial charge in [0.1, 0.15) is 11.6 Å². The van der Waals surface area contributed by atoms with E-state index in [-0.39, 0.29) is 23.7 Å². The average Bonchev–Trinajstić information content (AvgIpc) is 3.21. The summed E-state index contributed by atoms with van der Waals surface area (Å²) in [6.07, 6.45) is 2.22. The first kappa shape index (κ1) is 22.6. The van der Waals surface area contributed by atoms with Gasteiger partial charge >= 0.3 is 0 Å². The highest BCUT2D eigenvalue weighted by Gasteiger charge is 2.30. The number of carbonyl (C=O) groups is 1. The van der Waals surface area contributed by atoms with Crippen molar-refractivity contribution in [3.8, 4) is 17.0 Å². The molecule has 0 aliphatic heterocycles. The zero-order valence-corrected chi connectivity index (χ0v) is 18.9. The molecule has 0 spiro atoms. The third-order valence-corrected chi connectivity index (χ3v) is 5.73. The minimum absolute atomic E-state index is 0.0409. The van der Waals surface area contributed by atoms with Crippen molar-refractivity contribution in [2.24, 2.45) is 5.73 Å². The summed E-state index contributed by atoms with van der Waals surface area (Å²) in [6, 6.07) is 12.4. The van der Waals surface area contributed by atoms with Gasteiger partial charge in [-0.15, -0.1) is 0 Å². The van der Waals surface area contributed by atoms with E-state index in [4.69, 9.17) is 5.73 Å². The molecular weight excluding hydrogens is 388 g/mol. The third-order valence-electron chi connectivity index (χ3n) is 5.73. The minimum Gasteiger partial charge on any atom is -0.508 e. The van der Waals surface area contributed by atoms with E-state index in [2.05, 4.69) is 9.97 Å². The highest BCUT2D eigenvalue weighted by atomic mass is 16.3. The summed E-state index contributed by atoms with van der Waals surface area (Å²) in [6.45, 7) is 9.79. The zero-order valence-electron chi connectivity index (χ0n) is 18.9.